The molecule has 1 aliphatic carbocycles. The third-order valence-corrected chi connectivity index (χ3v) is 6.38. The minimum atomic E-state index is -0.0444. The van der Waals surface area contributed by atoms with Crippen molar-refractivity contribution in [3.63, 3.8) is 0 Å². The summed E-state index contributed by atoms with van der Waals surface area (Å²) in [5.41, 5.74) is 0.827. The van der Waals surface area contributed by atoms with E-state index in [2.05, 4.69) is 27.6 Å². The molecule has 3 aromatic rings. The maximum Gasteiger partial charge on any atom is 0.234 e. The van der Waals surface area contributed by atoms with Gasteiger partial charge in [-0.3, -0.25) is 4.79 Å². The molecule has 5 nitrogen and oxygen atoms in total. The molecular weight excluding hydrogens is 376 g/mol. The second-order valence-corrected chi connectivity index (χ2v) is 8.48. The lowest BCUT2D eigenvalue weighted by Crippen LogP contribution is -2.15. The van der Waals surface area contributed by atoms with Crippen LogP contribution < -0.4 is 5.32 Å². The van der Waals surface area contributed by atoms with Crippen molar-refractivity contribution in [1.82, 2.24) is 14.8 Å². The van der Waals surface area contributed by atoms with Crippen LogP contribution in [0.25, 0.3) is 0 Å². The van der Waals surface area contributed by atoms with Gasteiger partial charge >= 0.3 is 0 Å². The molecular formula is C20H20N4OS2. The Morgan fingerprint density at radius 1 is 1.11 bits per heavy atom. The van der Waals surface area contributed by atoms with Crippen molar-refractivity contribution in [2.45, 2.75) is 33.7 Å². The summed E-state index contributed by atoms with van der Waals surface area (Å²) in [6.45, 7) is 0. The van der Waals surface area contributed by atoms with Crippen molar-refractivity contribution >= 4 is 35.1 Å². The fraction of sp³-hybridized carbons (Fsp3) is 0.250. The monoisotopic (exact) mass is 396 g/mol. The number of aromatic nitrogens is 3. The number of benzene rings is 2. The van der Waals surface area contributed by atoms with Crippen molar-refractivity contribution in [1.29, 1.82) is 0 Å². The van der Waals surface area contributed by atoms with Crippen LogP contribution in [0.5, 0.6) is 0 Å². The molecule has 1 heterocycles. The summed E-state index contributed by atoms with van der Waals surface area (Å²) in [6, 6.07) is 18.0. The van der Waals surface area contributed by atoms with E-state index in [0.29, 0.717) is 11.7 Å². The van der Waals surface area contributed by atoms with Crippen molar-refractivity contribution in [3.05, 3.63) is 60.4 Å². The number of anilines is 1. The first-order valence-electron chi connectivity index (χ1n) is 8.84. The van der Waals surface area contributed by atoms with E-state index in [1.54, 1.807) is 11.8 Å². The normalized spacial score (nSPS) is 13.5. The molecule has 1 saturated carbocycles. The Morgan fingerprint density at radius 3 is 2.63 bits per heavy atom. The number of amides is 1. The predicted octanol–water partition coefficient (Wildman–Crippen LogP) is 4.57. The standard InChI is InChI=1S/C20H20N4OS2/c1-24-19(14-11-12-14)22-23-20(24)26-13-18(25)21-16-9-5-6-10-17(16)27-15-7-3-2-4-8-15/h2-10,14H,11-13H2,1H3,(H,21,25). The highest BCUT2D eigenvalue weighted by molar-refractivity contribution is 8.00. The van der Waals surface area contributed by atoms with Gasteiger partial charge in [0.25, 0.3) is 0 Å². The number of carbonyl (C=O) groups is 1. The lowest BCUT2D eigenvalue weighted by atomic mass is 10.3. The second-order valence-electron chi connectivity index (χ2n) is 6.42. The Kier molecular flexibility index (Phi) is 5.50. The molecule has 0 saturated heterocycles. The second kappa shape index (κ2) is 8.19. The maximum atomic E-state index is 12.5. The highest BCUT2D eigenvalue weighted by Crippen LogP contribution is 2.39. The van der Waals surface area contributed by atoms with E-state index in [9.17, 15) is 4.79 Å². The molecule has 1 aromatic heterocycles. The number of carbonyl (C=O) groups excluding carboxylic acids is 1. The molecule has 138 valence electrons. The van der Waals surface area contributed by atoms with Gasteiger partial charge in [-0.15, -0.1) is 10.2 Å². The molecule has 1 aliphatic rings. The van der Waals surface area contributed by atoms with E-state index < -0.39 is 0 Å². The SMILES string of the molecule is Cn1c(SCC(=O)Nc2ccccc2Sc2ccccc2)nnc1C1CC1. The molecule has 4 rings (SSSR count). The van der Waals surface area contributed by atoms with Crippen LogP contribution in [0.15, 0.2) is 69.5 Å². The molecule has 0 unspecified atom stereocenters. The minimum absolute atomic E-state index is 0.0444. The Balaban J connectivity index is 1.38. The maximum absolute atomic E-state index is 12.5. The van der Waals surface area contributed by atoms with E-state index in [4.69, 9.17) is 0 Å². The highest BCUT2D eigenvalue weighted by Gasteiger charge is 2.29. The van der Waals surface area contributed by atoms with E-state index in [-0.39, 0.29) is 5.91 Å². The molecule has 2 aromatic carbocycles. The largest absolute Gasteiger partial charge is 0.324 e. The summed E-state index contributed by atoms with van der Waals surface area (Å²) in [7, 11) is 1.97. The molecule has 1 N–H and O–H groups in total. The van der Waals surface area contributed by atoms with Crippen LogP contribution in [-0.2, 0) is 11.8 Å². The lowest BCUT2D eigenvalue weighted by Gasteiger charge is -2.10. The summed E-state index contributed by atoms with van der Waals surface area (Å²) in [4.78, 5) is 14.6. The first-order chi connectivity index (χ1) is 13.2. The van der Waals surface area contributed by atoms with Crippen molar-refractivity contribution in [3.8, 4) is 0 Å². The van der Waals surface area contributed by atoms with Crippen molar-refractivity contribution in [2.75, 3.05) is 11.1 Å². The molecule has 0 aliphatic heterocycles. The summed E-state index contributed by atoms with van der Waals surface area (Å²) < 4.78 is 2.01. The summed E-state index contributed by atoms with van der Waals surface area (Å²) in [6.07, 6.45) is 2.37. The van der Waals surface area contributed by atoms with Crippen molar-refractivity contribution in [2.24, 2.45) is 7.05 Å². The van der Waals surface area contributed by atoms with Crippen LogP contribution in [0.2, 0.25) is 0 Å². The smallest absolute Gasteiger partial charge is 0.234 e. The number of hydrogen-bond donors (Lipinski definition) is 1. The number of nitrogens with one attached hydrogen (secondary N) is 1. The zero-order chi connectivity index (χ0) is 18.6. The van der Waals surface area contributed by atoms with Crippen LogP contribution in [0, 0.1) is 0 Å². The quantitative estimate of drug-likeness (QED) is 0.593. The number of rotatable bonds is 7. The highest BCUT2D eigenvalue weighted by atomic mass is 32.2. The van der Waals surface area contributed by atoms with Gasteiger partial charge in [0.05, 0.1) is 11.4 Å². The Labute approximate surface area is 167 Å². The zero-order valence-electron chi connectivity index (χ0n) is 15.0. The third-order valence-electron chi connectivity index (χ3n) is 4.28. The summed E-state index contributed by atoms with van der Waals surface area (Å²) >= 11 is 3.06. The molecule has 1 fully saturated rings. The number of nitrogens with zero attached hydrogens (tertiary/aromatic N) is 3. The van der Waals surface area contributed by atoms with Gasteiger partial charge in [0.2, 0.25) is 5.91 Å². The van der Waals surface area contributed by atoms with E-state index >= 15 is 0 Å². The van der Waals surface area contributed by atoms with Gasteiger partial charge in [0, 0.05) is 22.8 Å². The number of thioether (sulfide) groups is 1. The Bertz CT molecular complexity index is 938. The fourth-order valence-corrected chi connectivity index (χ4v) is 4.38. The average molecular weight is 397 g/mol. The van der Waals surface area contributed by atoms with Crippen LogP contribution in [0.3, 0.4) is 0 Å². The average Bonchev–Trinajstić information content (AvgIpc) is 3.46. The van der Waals surface area contributed by atoms with Gasteiger partial charge in [0.15, 0.2) is 5.16 Å². The Morgan fingerprint density at radius 2 is 1.85 bits per heavy atom. The van der Waals surface area contributed by atoms with Gasteiger partial charge in [-0.05, 0) is 37.1 Å². The van der Waals surface area contributed by atoms with Crippen LogP contribution in [0.4, 0.5) is 5.69 Å². The molecule has 0 bridgehead atoms. The lowest BCUT2D eigenvalue weighted by molar-refractivity contribution is -0.113. The van der Waals surface area contributed by atoms with Gasteiger partial charge in [-0.2, -0.15) is 0 Å². The topological polar surface area (TPSA) is 59.8 Å². The molecule has 7 heteroatoms. The van der Waals surface area contributed by atoms with Crippen molar-refractivity contribution < 1.29 is 4.79 Å². The molecule has 0 spiro atoms. The number of hydrogen-bond acceptors (Lipinski definition) is 5. The number of para-hydroxylation sites is 1. The summed E-state index contributed by atoms with van der Waals surface area (Å²) in [5.74, 6) is 1.84. The van der Waals surface area contributed by atoms with E-state index in [0.717, 1.165) is 26.5 Å². The van der Waals surface area contributed by atoms with Crippen LogP contribution >= 0.6 is 23.5 Å². The first kappa shape index (κ1) is 18.1. The van der Waals surface area contributed by atoms with Gasteiger partial charge in [-0.25, -0.2) is 0 Å². The third kappa shape index (κ3) is 4.54. The van der Waals surface area contributed by atoms with Crippen LogP contribution in [0.1, 0.15) is 24.6 Å². The predicted molar refractivity (Wildman–Crippen MR) is 109 cm³/mol. The van der Waals surface area contributed by atoms with Gasteiger partial charge in [-0.1, -0.05) is 53.9 Å². The summed E-state index contributed by atoms with van der Waals surface area (Å²) in [5, 5.41) is 12.3. The zero-order valence-corrected chi connectivity index (χ0v) is 16.6. The fourth-order valence-electron chi connectivity index (χ4n) is 2.74. The Hall–Kier alpha value is -2.25. The van der Waals surface area contributed by atoms with Gasteiger partial charge < -0.3 is 9.88 Å². The first-order valence-corrected chi connectivity index (χ1v) is 10.6. The molecule has 0 atom stereocenters. The van der Waals surface area contributed by atoms with Gasteiger partial charge in [0.1, 0.15) is 5.82 Å². The molecule has 0 radical (unpaired) electrons. The minimum Gasteiger partial charge on any atom is -0.324 e. The van der Waals surface area contributed by atoms with Crippen LogP contribution in [-0.4, -0.2) is 26.4 Å². The molecule has 1 amide bonds. The molecule has 27 heavy (non-hydrogen) atoms. The van der Waals surface area contributed by atoms with E-state index in [1.807, 2.05) is 54.1 Å². The van der Waals surface area contributed by atoms with E-state index in [1.165, 1.54) is 24.6 Å².